The van der Waals surface area contributed by atoms with E-state index in [9.17, 15) is 4.79 Å². The van der Waals surface area contributed by atoms with Gasteiger partial charge < -0.3 is 5.32 Å². The Bertz CT molecular complexity index is 586. The van der Waals surface area contributed by atoms with E-state index < -0.39 is 0 Å². The number of hydrogen-bond donors (Lipinski definition) is 1. The van der Waals surface area contributed by atoms with Gasteiger partial charge >= 0.3 is 0 Å². The minimum atomic E-state index is 0.0275. The Balaban J connectivity index is 2.00. The summed E-state index contributed by atoms with van der Waals surface area (Å²) in [7, 11) is 1.78. The van der Waals surface area contributed by atoms with Gasteiger partial charge in [-0.3, -0.25) is 9.48 Å². The smallest absolute Gasteiger partial charge is 0.211 e. The zero-order valence-corrected chi connectivity index (χ0v) is 9.60. The lowest BCUT2D eigenvalue weighted by atomic mass is 10.0. The van der Waals surface area contributed by atoms with Crippen LogP contribution in [0.4, 0.5) is 0 Å². The highest BCUT2D eigenvalue weighted by Crippen LogP contribution is 2.18. The van der Waals surface area contributed by atoms with E-state index in [0.29, 0.717) is 5.69 Å². The molecule has 1 aliphatic rings. The summed E-state index contributed by atoms with van der Waals surface area (Å²) in [6.07, 6.45) is 1.64. The van der Waals surface area contributed by atoms with Crippen molar-refractivity contribution in [2.45, 2.75) is 13.1 Å². The van der Waals surface area contributed by atoms with Gasteiger partial charge in [0.15, 0.2) is 0 Å². The summed E-state index contributed by atoms with van der Waals surface area (Å²) in [5, 5.41) is 7.29. The van der Waals surface area contributed by atoms with Gasteiger partial charge in [-0.05, 0) is 23.3 Å². The molecule has 3 rings (SSSR count). The predicted octanol–water partition coefficient (Wildman–Crippen LogP) is 1.25. The van der Waals surface area contributed by atoms with Crippen LogP contribution in [-0.4, -0.2) is 15.6 Å². The maximum Gasteiger partial charge on any atom is 0.211 e. The molecule has 2 heterocycles. The Hall–Kier alpha value is -1.94. The second kappa shape index (κ2) is 3.82. The Labute approximate surface area is 99.3 Å². The summed E-state index contributed by atoms with van der Waals surface area (Å²) < 4.78 is 1.60. The first-order valence-corrected chi connectivity index (χ1v) is 5.61. The SMILES string of the molecule is Cn1nccc1C(=O)c1ccc2c(c1)CNC2. The van der Waals surface area contributed by atoms with E-state index in [4.69, 9.17) is 0 Å². The zero-order valence-electron chi connectivity index (χ0n) is 9.60. The van der Waals surface area contributed by atoms with Crippen LogP contribution in [0.1, 0.15) is 27.2 Å². The van der Waals surface area contributed by atoms with Crippen molar-refractivity contribution in [2.24, 2.45) is 7.05 Å². The molecule has 0 bridgehead atoms. The van der Waals surface area contributed by atoms with Gasteiger partial charge in [-0.15, -0.1) is 0 Å². The predicted molar refractivity (Wildman–Crippen MR) is 63.6 cm³/mol. The number of aromatic nitrogens is 2. The summed E-state index contributed by atoms with van der Waals surface area (Å²) in [5.41, 5.74) is 3.86. The molecule has 0 spiro atoms. The highest BCUT2D eigenvalue weighted by atomic mass is 16.1. The summed E-state index contributed by atoms with van der Waals surface area (Å²) in [4.78, 5) is 12.2. The fourth-order valence-electron chi connectivity index (χ4n) is 2.18. The van der Waals surface area contributed by atoms with E-state index in [2.05, 4.69) is 10.4 Å². The number of carbonyl (C=O) groups is 1. The number of rotatable bonds is 2. The highest BCUT2D eigenvalue weighted by molar-refractivity contribution is 6.08. The topological polar surface area (TPSA) is 46.9 Å². The standard InChI is InChI=1S/C13H13N3O/c1-16-12(4-5-15-16)13(17)9-2-3-10-7-14-8-11(10)6-9/h2-6,14H,7-8H2,1H3. The van der Waals surface area contributed by atoms with Gasteiger partial charge in [-0.25, -0.2) is 0 Å². The third-order valence-corrected chi connectivity index (χ3v) is 3.15. The number of carbonyl (C=O) groups excluding carboxylic acids is 1. The van der Waals surface area contributed by atoms with E-state index in [1.807, 2.05) is 18.2 Å². The maximum absolute atomic E-state index is 12.2. The van der Waals surface area contributed by atoms with Gasteiger partial charge in [0.05, 0.1) is 0 Å². The molecule has 1 aromatic heterocycles. The van der Waals surface area contributed by atoms with Gasteiger partial charge in [-0.2, -0.15) is 5.10 Å². The Kier molecular flexibility index (Phi) is 2.30. The molecule has 0 unspecified atom stereocenters. The van der Waals surface area contributed by atoms with Gasteiger partial charge in [0, 0.05) is 31.9 Å². The lowest BCUT2D eigenvalue weighted by molar-refractivity contribution is 0.103. The van der Waals surface area contributed by atoms with Crippen molar-refractivity contribution in [1.29, 1.82) is 0 Å². The molecule has 2 aromatic rings. The van der Waals surface area contributed by atoms with Crippen LogP contribution in [0.3, 0.4) is 0 Å². The molecule has 0 fully saturated rings. The molecule has 0 amide bonds. The molecule has 4 nitrogen and oxygen atoms in total. The van der Waals surface area contributed by atoms with Crippen molar-refractivity contribution < 1.29 is 4.79 Å². The number of benzene rings is 1. The lowest BCUT2D eigenvalue weighted by Gasteiger charge is -2.04. The van der Waals surface area contributed by atoms with Crippen molar-refractivity contribution in [1.82, 2.24) is 15.1 Å². The normalized spacial score (nSPS) is 13.7. The molecule has 0 radical (unpaired) electrons. The van der Waals surface area contributed by atoms with Crippen LogP contribution >= 0.6 is 0 Å². The lowest BCUT2D eigenvalue weighted by Crippen LogP contribution is -2.08. The summed E-state index contributed by atoms with van der Waals surface area (Å²) in [6, 6.07) is 7.64. The quantitative estimate of drug-likeness (QED) is 0.785. The second-order valence-electron chi connectivity index (χ2n) is 4.26. The van der Waals surface area contributed by atoms with Gasteiger partial charge in [-0.1, -0.05) is 12.1 Å². The minimum Gasteiger partial charge on any atom is -0.309 e. The fourth-order valence-corrected chi connectivity index (χ4v) is 2.18. The van der Waals surface area contributed by atoms with Crippen LogP contribution in [0, 0.1) is 0 Å². The maximum atomic E-state index is 12.2. The number of ketones is 1. The molecule has 86 valence electrons. The van der Waals surface area contributed by atoms with Crippen LogP contribution in [-0.2, 0) is 20.1 Å². The van der Waals surface area contributed by atoms with E-state index in [1.54, 1.807) is 24.0 Å². The molecular weight excluding hydrogens is 214 g/mol. The summed E-state index contributed by atoms with van der Waals surface area (Å²) in [5.74, 6) is 0.0275. The third kappa shape index (κ3) is 1.66. The summed E-state index contributed by atoms with van der Waals surface area (Å²) >= 11 is 0. The second-order valence-corrected chi connectivity index (χ2v) is 4.26. The van der Waals surface area contributed by atoms with Crippen LogP contribution in [0.5, 0.6) is 0 Å². The van der Waals surface area contributed by atoms with E-state index in [0.717, 1.165) is 18.7 Å². The molecule has 0 saturated heterocycles. The zero-order chi connectivity index (χ0) is 11.8. The monoisotopic (exact) mass is 227 g/mol. The molecule has 0 saturated carbocycles. The molecule has 17 heavy (non-hydrogen) atoms. The third-order valence-electron chi connectivity index (χ3n) is 3.15. The fraction of sp³-hybridized carbons (Fsp3) is 0.231. The first-order chi connectivity index (χ1) is 8.25. The van der Waals surface area contributed by atoms with Crippen LogP contribution in [0.25, 0.3) is 0 Å². The minimum absolute atomic E-state index is 0.0275. The average Bonchev–Trinajstić information content (AvgIpc) is 2.95. The highest BCUT2D eigenvalue weighted by Gasteiger charge is 2.16. The van der Waals surface area contributed by atoms with Crippen LogP contribution < -0.4 is 5.32 Å². The van der Waals surface area contributed by atoms with Crippen molar-refractivity contribution in [3.63, 3.8) is 0 Å². The Morgan fingerprint density at radius 2 is 2.12 bits per heavy atom. The van der Waals surface area contributed by atoms with Gasteiger partial charge in [0.2, 0.25) is 5.78 Å². The molecular formula is C13H13N3O. The molecule has 0 atom stereocenters. The van der Waals surface area contributed by atoms with Crippen molar-refractivity contribution in [3.8, 4) is 0 Å². The Morgan fingerprint density at radius 1 is 1.29 bits per heavy atom. The van der Waals surface area contributed by atoms with Crippen molar-refractivity contribution in [2.75, 3.05) is 0 Å². The molecule has 0 aliphatic carbocycles. The molecule has 1 aliphatic heterocycles. The number of fused-ring (bicyclic) bond motifs is 1. The van der Waals surface area contributed by atoms with E-state index in [-0.39, 0.29) is 5.78 Å². The van der Waals surface area contributed by atoms with E-state index >= 15 is 0 Å². The van der Waals surface area contributed by atoms with Crippen molar-refractivity contribution >= 4 is 5.78 Å². The number of aryl methyl sites for hydroxylation is 1. The van der Waals surface area contributed by atoms with Gasteiger partial charge in [0.25, 0.3) is 0 Å². The van der Waals surface area contributed by atoms with Crippen molar-refractivity contribution in [3.05, 3.63) is 52.8 Å². The summed E-state index contributed by atoms with van der Waals surface area (Å²) in [6.45, 7) is 1.75. The largest absolute Gasteiger partial charge is 0.309 e. The number of hydrogen-bond acceptors (Lipinski definition) is 3. The number of nitrogens with one attached hydrogen (secondary N) is 1. The average molecular weight is 227 g/mol. The van der Waals surface area contributed by atoms with Crippen LogP contribution in [0.2, 0.25) is 0 Å². The molecule has 1 aromatic carbocycles. The molecule has 4 heteroatoms. The first-order valence-electron chi connectivity index (χ1n) is 5.61. The molecule has 1 N–H and O–H groups in total. The van der Waals surface area contributed by atoms with E-state index in [1.165, 1.54) is 11.1 Å². The number of nitrogens with zero attached hydrogens (tertiary/aromatic N) is 2. The first kappa shape index (κ1) is 10.2. The van der Waals surface area contributed by atoms with Gasteiger partial charge in [0.1, 0.15) is 5.69 Å². The Morgan fingerprint density at radius 3 is 2.88 bits per heavy atom. The van der Waals surface area contributed by atoms with Crippen LogP contribution in [0.15, 0.2) is 30.5 Å².